The highest BCUT2D eigenvalue weighted by Crippen LogP contribution is 2.45. The van der Waals surface area contributed by atoms with Crippen molar-refractivity contribution >= 4 is 0 Å². The molecule has 0 saturated heterocycles. The third kappa shape index (κ3) is 3.35. The lowest BCUT2D eigenvalue weighted by atomic mass is 9.95. The van der Waals surface area contributed by atoms with Crippen LogP contribution in [0, 0.1) is 0 Å². The molecule has 0 spiro atoms. The Bertz CT molecular complexity index is 483. The van der Waals surface area contributed by atoms with Gasteiger partial charge in [0.05, 0.1) is 11.1 Å². The fraction of sp³-hybridized carbons (Fsp3) is 0.400. The molecular weight excluding hydrogens is 305 g/mol. The molecule has 0 amide bonds. The van der Waals surface area contributed by atoms with E-state index in [-0.39, 0.29) is 12.1 Å². The predicted octanol–water partition coefficient (Wildman–Crippen LogP) is 4.29. The average Bonchev–Trinajstić information content (AvgIpc) is 2.23. The first kappa shape index (κ1) is 16.6. The summed E-state index contributed by atoms with van der Waals surface area (Å²) < 4.78 is 113. The molecular formula is C10H6F9N. The second kappa shape index (κ2) is 4.83. The second-order valence-electron chi connectivity index (χ2n) is 3.78. The van der Waals surface area contributed by atoms with Gasteiger partial charge in [0, 0.05) is 0 Å². The Kier molecular flexibility index (Phi) is 4.01. The zero-order chi connectivity index (χ0) is 15.9. The third-order valence-electron chi connectivity index (χ3n) is 2.37. The summed E-state index contributed by atoms with van der Waals surface area (Å²) in [4.78, 5) is 0. The molecule has 2 N–H and O–H groups in total. The van der Waals surface area contributed by atoms with E-state index in [9.17, 15) is 39.5 Å². The van der Waals surface area contributed by atoms with Crippen LogP contribution in [-0.4, -0.2) is 6.18 Å². The van der Waals surface area contributed by atoms with Crippen LogP contribution in [0.1, 0.15) is 22.7 Å². The van der Waals surface area contributed by atoms with E-state index >= 15 is 0 Å². The zero-order valence-electron chi connectivity index (χ0n) is 9.29. The third-order valence-corrected chi connectivity index (χ3v) is 2.37. The number of hydrogen-bond acceptors (Lipinski definition) is 1. The van der Waals surface area contributed by atoms with E-state index in [0.29, 0.717) is 6.07 Å². The monoisotopic (exact) mass is 311 g/mol. The number of rotatable bonds is 1. The Labute approximate surface area is 106 Å². The summed E-state index contributed by atoms with van der Waals surface area (Å²) in [6.07, 6.45) is -16.4. The van der Waals surface area contributed by atoms with Gasteiger partial charge >= 0.3 is 18.5 Å². The Balaban J connectivity index is 3.63. The van der Waals surface area contributed by atoms with Crippen molar-refractivity contribution in [1.82, 2.24) is 0 Å². The maximum atomic E-state index is 12.7. The molecule has 0 radical (unpaired) electrons. The van der Waals surface area contributed by atoms with Crippen LogP contribution in [-0.2, 0) is 12.4 Å². The first-order valence-corrected chi connectivity index (χ1v) is 4.86. The Morgan fingerprint density at radius 2 is 1.30 bits per heavy atom. The van der Waals surface area contributed by atoms with E-state index in [4.69, 9.17) is 0 Å². The largest absolute Gasteiger partial charge is 0.417 e. The van der Waals surface area contributed by atoms with Crippen molar-refractivity contribution in [2.45, 2.75) is 24.6 Å². The molecule has 0 aliphatic rings. The maximum Gasteiger partial charge on any atom is 0.417 e. The topological polar surface area (TPSA) is 26.0 Å². The van der Waals surface area contributed by atoms with Crippen LogP contribution in [0.25, 0.3) is 0 Å². The summed E-state index contributed by atoms with van der Waals surface area (Å²) in [6, 6.07) is -2.40. The van der Waals surface area contributed by atoms with Crippen molar-refractivity contribution in [2.24, 2.45) is 5.73 Å². The molecule has 114 valence electrons. The van der Waals surface area contributed by atoms with E-state index in [1.165, 1.54) is 0 Å². The molecule has 0 aliphatic heterocycles. The lowest BCUT2D eigenvalue weighted by molar-refractivity contribution is -0.168. The van der Waals surface area contributed by atoms with Crippen molar-refractivity contribution in [3.05, 3.63) is 34.9 Å². The first-order chi connectivity index (χ1) is 8.76. The molecule has 0 fully saturated rings. The highest BCUT2D eigenvalue weighted by Gasteiger charge is 2.49. The molecule has 20 heavy (non-hydrogen) atoms. The van der Waals surface area contributed by atoms with Crippen LogP contribution in [0.5, 0.6) is 0 Å². The molecule has 1 rings (SSSR count). The molecule has 1 aromatic carbocycles. The molecule has 1 aromatic rings. The van der Waals surface area contributed by atoms with Crippen LogP contribution >= 0.6 is 0 Å². The standard InChI is InChI=1S/C10H6F9N/c11-8(12,13)5-3-1-2-4(6(5)9(14,15)16)7(20)10(17,18)19/h1-3,7H,20H2/t7-/m0/s1. The molecule has 0 heterocycles. The van der Waals surface area contributed by atoms with Gasteiger partial charge in [-0.1, -0.05) is 12.1 Å². The van der Waals surface area contributed by atoms with Crippen molar-refractivity contribution in [2.75, 3.05) is 0 Å². The minimum absolute atomic E-state index is 0.0510. The Morgan fingerprint density at radius 1 is 0.800 bits per heavy atom. The Hall–Kier alpha value is -1.45. The fourth-order valence-electron chi connectivity index (χ4n) is 1.56. The van der Waals surface area contributed by atoms with Gasteiger partial charge in [0.1, 0.15) is 6.04 Å². The van der Waals surface area contributed by atoms with Gasteiger partial charge in [0.25, 0.3) is 0 Å². The zero-order valence-corrected chi connectivity index (χ0v) is 9.29. The minimum atomic E-state index is -5.62. The van der Waals surface area contributed by atoms with E-state index < -0.39 is 41.3 Å². The van der Waals surface area contributed by atoms with Crippen molar-refractivity contribution in [3.63, 3.8) is 0 Å². The lowest BCUT2D eigenvalue weighted by Gasteiger charge is -2.23. The summed E-state index contributed by atoms with van der Waals surface area (Å²) in [5, 5.41) is 0. The average molecular weight is 311 g/mol. The molecule has 0 saturated carbocycles. The number of benzene rings is 1. The molecule has 1 atom stereocenters. The van der Waals surface area contributed by atoms with Gasteiger partial charge in [-0.15, -0.1) is 0 Å². The van der Waals surface area contributed by atoms with Gasteiger partial charge in [-0.05, 0) is 11.6 Å². The number of halogens is 9. The number of alkyl halides is 9. The van der Waals surface area contributed by atoms with Crippen molar-refractivity contribution < 1.29 is 39.5 Å². The fourth-order valence-corrected chi connectivity index (χ4v) is 1.56. The molecule has 1 nitrogen and oxygen atoms in total. The number of nitrogens with two attached hydrogens (primary N) is 1. The van der Waals surface area contributed by atoms with Crippen LogP contribution in [0.3, 0.4) is 0 Å². The molecule has 0 aromatic heterocycles. The maximum absolute atomic E-state index is 12.7. The van der Waals surface area contributed by atoms with E-state index in [1.54, 1.807) is 0 Å². The van der Waals surface area contributed by atoms with Crippen molar-refractivity contribution in [3.8, 4) is 0 Å². The van der Waals surface area contributed by atoms with Gasteiger partial charge in [-0.25, -0.2) is 0 Å². The van der Waals surface area contributed by atoms with E-state index in [2.05, 4.69) is 5.73 Å². The molecule has 0 bridgehead atoms. The van der Waals surface area contributed by atoms with Crippen LogP contribution in [0.4, 0.5) is 39.5 Å². The molecule has 0 aliphatic carbocycles. The quantitative estimate of drug-likeness (QED) is 0.770. The van der Waals surface area contributed by atoms with E-state index in [1.807, 2.05) is 0 Å². The SMILES string of the molecule is N[C@@H](c1cccc(C(F)(F)F)c1C(F)(F)F)C(F)(F)F. The first-order valence-electron chi connectivity index (χ1n) is 4.86. The van der Waals surface area contributed by atoms with Crippen LogP contribution in [0.2, 0.25) is 0 Å². The van der Waals surface area contributed by atoms with Gasteiger partial charge in [0.15, 0.2) is 0 Å². The van der Waals surface area contributed by atoms with Crippen LogP contribution < -0.4 is 5.73 Å². The smallest absolute Gasteiger partial charge is 0.316 e. The minimum Gasteiger partial charge on any atom is -0.316 e. The highest BCUT2D eigenvalue weighted by molar-refractivity contribution is 5.41. The summed E-state index contributed by atoms with van der Waals surface area (Å²) in [7, 11) is 0. The van der Waals surface area contributed by atoms with Crippen molar-refractivity contribution in [1.29, 1.82) is 0 Å². The van der Waals surface area contributed by atoms with Crippen LogP contribution in [0.15, 0.2) is 18.2 Å². The normalized spacial score (nSPS) is 15.3. The summed E-state index contributed by atoms with van der Waals surface area (Å²) in [5.41, 5.74) is -1.70. The molecule has 0 unspecified atom stereocenters. The highest BCUT2D eigenvalue weighted by atomic mass is 19.4. The van der Waals surface area contributed by atoms with Gasteiger partial charge < -0.3 is 5.73 Å². The van der Waals surface area contributed by atoms with E-state index in [0.717, 1.165) is 0 Å². The van der Waals surface area contributed by atoms with Gasteiger partial charge in [-0.3, -0.25) is 0 Å². The summed E-state index contributed by atoms with van der Waals surface area (Å²) in [5.74, 6) is 0. The van der Waals surface area contributed by atoms with Gasteiger partial charge in [-0.2, -0.15) is 39.5 Å². The second-order valence-corrected chi connectivity index (χ2v) is 3.78. The summed E-state index contributed by atoms with van der Waals surface area (Å²) in [6.45, 7) is 0. The number of hydrogen-bond donors (Lipinski definition) is 1. The molecule has 10 heteroatoms. The Morgan fingerprint density at radius 3 is 1.65 bits per heavy atom. The van der Waals surface area contributed by atoms with Gasteiger partial charge in [0.2, 0.25) is 0 Å². The summed E-state index contributed by atoms with van der Waals surface area (Å²) >= 11 is 0. The predicted molar refractivity (Wildman–Crippen MR) is 49.4 cm³/mol. The lowest BCUT2D eigenvalue weighted by Crippen LogP contribution is -2.32.